The van der Waals surface area contributed by atoms with Crippen LogP contribution in [0.5, 0.6) is 11.5 Å². The third-order valence-corrected chi connectivity index (χ3v) is 6.21. The number of carbonyl (C=O) groups excluding carboxylic acids is 1. The Bertz CT molecular complexity index is 1690. The number of fused-ring (bicyclic) bond motifs is 1. The number of ether oxygens (including phenoxy) is 1. The van der Waals surface area contributed by atoms with E-state index in [0.29, 0.717) is 57.5 Å². The summed E-state index contributed by atoms with van der Waals surface area (Å²) < 4.78 is 28.8. The Balaban J connectivity index is 1.35. The highest BCUT2D eigenvalue weighted by Crippen LogP contribution is 2.34. The number of rotatable bonds is 8. The van der Waals surface area contributed by atoms with E-state index in [2.05, 4.69) is 30.9 Å². The Morgan fingerprint density at radius 3 is 2.70 bits per heavy atom. The molecule has 0 bridgehead atoms. The molecule has 40 heavy (non-hydrogen) atoms. The molecule has 2 aromatic carbocycles. The van der Waals surface area contributed by atoms with Gasteiger partial charge in [0.1, 0.15) is 17.3 Å². The van der Waals surface area contributed by atoms with E-state index in [1.165, 1.54) is 6.07 Å². The summed E-state index contributed by atoms with van der Waals surface area (Å²) in [5.41, 5.74) is 2.68. The van der Waals surface area contributed by atoms with Crippen LogP contribution in [0.1, 0.15) is 37.8 Å². The van der Waals surface area contributed by atoms with Gasteiger partial charge in [0.15, 0.2) is 0 Å². The van der Waals surface area contributed by atoms with Gasteiger partial charge in [-0.3, -0.25) is 14.5 Å². The van der Waals surface area contributed by atoms with E-state index >= 15 is 4.39 Å². The van der Waals surface area contributed by atoms with Crippen molar-refractivity contribution in [1.82, 2.24) is 30.3 Å². The van der Waals surface area contributed by atoms with Crippen molar-refractivity contribution in [2.24, 2.45) is 0 Å². The number of amides is 1. The number of hydrogen-bond acceptors (Lipinski definition) is 8. The molecule has 0 saturated heterocycles. The normalized spacial score (nSPS) is 11.7. The molecular weight excluding hydrogens is 513 g/mol. The van der Waals surface area contributed by atoms with Crippen molar-refractivity contribution in [3.05, 3.63) is 77.8 Å². The highest BCUT2D eigenvalue weighted by atomic mass is 19.1. The molecule has 1 amide bonds. The maximum Gasteiger partial charge on any atom is 0.247 e. The molecule has 206 valence electrons. The first-order chi connectivity index (χ1) is 19.1. The number of nitrogens with one attached hydrogen (secondary N) is 2. The summed E-state index contributed by atoms with van der Waals surface area (Å²) in [6.45, 7) is 8.29. The molecule has 0 atom stereocenters. The first kappa shape index (κ1) is 26.9. The fraction of sp³-hybridized carbons (Fsp3) is 0.276. The average Bonchev–Trinajstić information content (AvgIpc) is 3.57. The van der Waals surface area contributed by atoms with E-state index in [9.17, 15) is 4.79 Å². The molecule has 10 nitrogen and oxygen atoms in total. The first-order valence-corrected chi connectivity index (χ1v) is 12.8. The van der Waals surface area contributed by atoms with Gasteiger partial charge in [0, 0.05) is 29.4 Å². The molecular formula is C29H30FN7O3. The Labute approximate surface area is 230 Å². The van der Waals surface area contributed by atoms with Crippen molar-refractivity contribution >= 4 is 22.5 Å². The van der Waals surface area contributed by atoms with E-state index < -0.39 is 5.82 Å². The minimum Gasteiger partial charge on any atom is -0.456 e. The van der Waals surface area contributed by atoms with Crippen molar-refractivity contribution in [2.45, 2.75) is 46.2 Å². The minimum atomic E-state index is -0.539. The van der Waals surface area contributed by atoms with Gasteiger partial charge in [-0.1, -0.05) is 0 Å². The fourth-order valence-electron chi connectivity index (χ4n) is 4.16. The molecule has 0 radical (unpaired) electrons. The largest absolute Gasteiger partial charge is 0.456 e. The van der Waals surface area contributed by atoms with Crippen LogP contribution in [0, 0.1) is 12.7 Å². The summed E-state index contributed by atoms with van der Waals surface area (Å²) in [4.78, 5) is 17.0. The number of aryl methyl sites for hydroxylation is 1. The predicted octanol–water partition coefficient (Wildman–Crippen LogP) is 5.38. The highest BCUT2D eigenvalue weighted by molar-refractivity contribution is 5.92. The summed E-state index contributed by atoms with van der Waals surface area (Å²) in [6.07, 6.45) is 4.82. The lowest BCUT2D eigenvalue weighted by molar-refractivity contribution is -0.115. The molecule has 11 heteroatoms. The number of benzene rings is 2. The molecule has 0 fully saturated rings. The lowest BCUT2D eigenvalue weighted by Crippen LogP contribution is -2.22. The van der Waals surface area contributed by atoms with Gasteiger partial charge >= 0.3 is 0 Å². The van der Waals surface area contributed by atoms with Gasteiger partial charge in [-0.05, 0) is 76.2 Å². The molecule has 5 aromatic rings. The monoisotopic (exact) mass is 543 g/mol. The number of carbonyl (C=O) groups is 1. The van der Waals surface area contributed by atoms with Crippen LogP contribution in [0.15, 0.2) is 59.4 Å². The Hall–Kier alpha value is -4.64. The number of nitrogens with zero attached hydrogens (tertiary/aromatic N) is 5. The van der Waals surface area contributed by atoms with Crippen LogP contribution < -0.4 is 15.4 Å². The van der Waals surface area contributed by atoms with E-state index in [0.717, 1.165) is 0 Å². The molecule has 3 aromatic heterocycles. The van der Waals surface area contributed by atoms with Crippen molar-refractivity contribution < 1.29 is 18.3 Å². The molecule has 0 aliphatic rings. The van der Waals surface area contributed by atoms with Crippen LogP contribution in [0.4, 0.5) is 10.1 Å². The van der Waals surface area contributed by atoms with Crippen LogP contribution in [0.2, 0.25) is 0 Å². The van der Waals surface area contributed by atoms with Crippen LogP contribution in [-0.2, 0) is 23.3 Å². The summed E-state index contributed by atoms with van der Waals surface area (Å²) in [5, 5.41) is 18.9. The van der Waals surface area contributed by atoms with Gasteiger partial charge in [0.05, 0.1) is 35.9 Å². The quantitative estimate of drug-likeness (QED) is 0.268. The first-order valence-electron chi connectivity index (χ1n) is 12.8. The van der Waals surface area contributed by atoms with E-state index in [-0.39, 0.29) is 23.4 Å². The average molecular weight is 544 g/mol. The third kappa shape index (κ3) is 5.84. The second-order valence-electron chi connectivity index (χ2n) is 10.5. The van der Waals surface area contributed by atoms with Gasteiger partial charge < -0.3 is 19.8 Å². The summed E-state index contributed by atoms with van der Waals surface area (Å²) >= 11 is 0. The van der Waals surface area contributed by atoms with Gasteiger partial charge in [0.2, 0.25) is 17.7 Å². The zero-order valence-electron chi connectivity index (χ0n) is 22.9. The zero-order chi connectivity index (χ0) is 28.4. The van der Waals surface area contributed by atoms with Gasteiger partial charge in [-0.2, -0.15) is 5.10 Å². The number of halogens is 1. The van der Waals surface area contributed by atoms with E-state index in [1.54, 1.807) is 49.4 Å². The van der Waals surface area contributed by atoms with Crippen molar-refractivity contribution in [3.8, 4) is 23.0 Å². The summed E-state index contributed by atoms with van der Waals surface area (Å²) in [7, 11) is 1.80. The Morgan fingerprint density at radius 2 is 1.95 bits per heavy atom. The number of hydrogen-bond donors (Lipinski definition) is 2. The number of pyridine rings is 1. The van der Waals surface area contributed by atoms with Crippen LogP contribution in [0.3, 0.4) is 0 Å². The van der Waals surface area contributed by atoms with Crippen molar-refractivity contribution in [2.75, 3.05) is 12.4 Å². The molecule has 0 aliphatic heterocycles. The molecule has 3 heterocycles. The molecule has 0 saturated carbocycles. The molecule has 0 spiro atoms. The van der Waals surface area contributed by atoms with E-state index in [4.69, 9.17) is 9.15 Å². The second kappa shape index (κ2) is 10.9. The fourth-order valence-corrected chi connectivity index (χ4v) is 4.16. The Kier molecular flexibility index (Phi) is 7.31. The minimum absolute atomic E-state index is 0.130. The molecule has 2 N–H and O–H groups in total. The highest BCUT2D eigenvalue weighted by Gasteiger charge is 2.18. The third-order valence-electron chi connectivity index (χ3n) is 6.21. The number of anilines is 1. The van der Waals surface area contributed by atoms with Crippen LogP contribution in [-0.4, -0.2) is 37.9 Å². The maximum atomic E-state index is 15.1. The van der Waals surface area contributed by atoms with Gasteiger partial charge in [0.25, 0.3) is 0 Å². The molecule has 0 unspecified atom stereocenters. The maximum absolute atomic E-state index is 15.1. The number of aromatic nitrogens is 5. The lowest BCUT2D eigenvalue weighted by Gasteiger charge is -2.18. The van der Waals surface area contributed by atoms with Crippen molar-refractivity contribution in [3.63, 3.8) is 0 Å². The van der Waals surface area contributed by atoms with Gasteiger partial charge in [-0.15, -0.1) is 10.2 Å². The molecule has 5 rings (SSSR count). The van der Waals surface area contributed by atoms with E-state index in [1.807, 2.05) is 39.0 Å². The lowest BCUT2D eigenvalue weighted by atomic mass is 10.1. The zero-order valence-corrected chi connectivity index (χ0v) is 22.9. The van der Waals surface area contributed by atoms with Crippen LogP contribution >= 0.6 is 0 Å². The summed E-state index contributed by atoms with van der Waals surface area (Å²) in [6, 6.07) is 10.2. The second-order valence-corrected chi connectivity index (χ2v) is 10.5. The van der Waals surface area contributed by atoms with Crippen molar-refractivity contribution in [1.29, 1.82) is 0 Å². The standard InChI is InChI=1S/C29H30FN7O3/c1-17-10-19(12-26(38)34-20-14-33-37(16-20)29(2,3)4)22(30)13-25(17)39-24-8-9-32-23-7-6-18(11-21(23)24)28-36-35-27(40-28)15-31-5/h6-11,13-14,16,31H,12,15H2,1-5H3,(H,34,38). The predicted molar refractivity (Wildman–Crippen MR) is 149 cm³/mol. The van der Waals surface area contributed by atoms with Crippen LogP contribution in [0.25, 0.3) is 22.4 Å². The SMILES string of the molecule is CNCc1nnc(-c2ccc3nccc(Oc4cc(F)c(CC(=O)Nc5cnn(C(C)(C)C)c5)cc4C)c3c2)o1. The molecule has 0 aliphatic carbocycles. The summed E-state index contributed by atoms with van der Waals surface area (Å²) in [5.74, 6) is 0.790. The van der Waals surface area contributed by atoms with Gasteiger partial charge in [-0.25, -0.2) is 4.39 Å². The smallest absolute Gasteiger partial charge is 0.247 e. The topological polar surface area (TPSA) is 120 Å². The Morgan fingerprint density at radius 1 is 1.12 bits per heavy atom.